The van der Waals surface area contributed by atoms with Crippen LogP contribution in [0.3, 0.4) is 0 Å². The Kier molecular flexibility index (Phi) is 7.37. The van der Waals surface area contributed by atoms with Crippen molar-refractivity contribution in [3.63, 3.8) is 0 Å². The zero-order chi connectivity index (χ0) is 21.5. The highest BCUT2D eigenvalue weighted by Gasteiger charge is 2.22. The smallest absolute Gasteiger partial charge is 0.270 e. The first-order valence-electron chi connectivity index (χ1n) is 10.1. The van der Waals surface area contributed by atoms with Crippen molar-refractivity contribution < 1.29 is 19.2 Å². The molecule has 1 fully saturated rings. The molecule has 0 bridgehead atoms. The number of ether oxygens (including phenoxy) is 2. The van der Waals surface area contributed by atoms with Crippen LogP contribution in [0.1, 0.15) is 30.6 Å². The molecule has 160 valence electrons. The number of rotatable bonds is 8. The molecular weight excluding hydrogens is 386 g/mol. The van der Waals surface area contributed by atoms with E-state index in [1.807, 2.05) is 18.2 Å². The number of nitrogens with zero attached hydrogens (tertiary/aromatic N) is 2. The molecule has 1 aliphatic heterocycles. The van der Waals surface area contributed by atoms with Gasteiger partial charge in [0, 0.05) is 38.3 Å². The van der Waals surface area contributed by atoms with Gasteiger partial charge in [0.1, 0.15) is 11.5 Å². The lowest BCUT2D eigenvalue weighted by Gasteiger charge is -2.35. The molecule has 0 radical (unpaired) electrons. The summed E-state index contributed by atoms with van der Waals surface area (Å²) < 4.78 is 11.5. The van der Waals surface area contributed by atoms with Gasteiger partial charge < -0.3 is 14.8 Å². The molecule has 0 spiro atoms. The van der Waals surface area contributed by atoms with E-state index in [1.165, 1.54) is 18.2 Å². The van der Waals surface area contributed by atoms with Crippen molar-refractivity contribution >= 4 is 11.6 Å². The van der Waals surface area contributed by atoms with E-state index in [9.17, 15) is 14.9 Å². The van der Waals surface area contributed by atoms with E-state index >= 15 is 0 Å². The largest absolute Gasteiger partial charge is 0.457 e. The number of para-hydroxylation sites is 1. The summed E-state index contributed by atoms with van der Waals surface area (Å²) in [6.45, 7) is 7.17. The molecule has 1 saturated heterocycles. The first-order valence-corrected chi connectivity index (χ1v) is 10.1. The number of hydrogen-bond acceptors (Lipinski definition) is 6. The zero-order valence-corrected chi connectivity index (χ0v) is 17.2. The zero-order valence-electron chi connectivity index (χ0n) is 17.2. The summed E-state index contributed by atoms with van der Waals surface area (Å²) in [6, 6.07) is 13.0. The van der Waals surface area contributed by atoms with Crippen LogP contribution in [0.2, 0.25) is 0 Å². The Bertz CT molecular complexity index is 864. The van der Waals surface area contributed by atoms with Crippen molar-refractivity contribution in [2.24, 2.45) is 0 Å². The summed E-state index contributed by atoms with van der Waals surface area (Å²) >= 11 is 0. The Morgan fingerprint density at radius 3 is 2.57 bits per heavy atom. The van der Waals surface area contributed by atoms with E-state index in [0.29, 0.717) is 12.3 Å². The van der Waals surface area contributed by atoms with Crippen LogP contribution in [0.4, 0.5) is 5.69 Å². The van der Waals surface area contributed by atoms with E-state index < -0.39 is 10.8 Å². The van der Waals surface area contributed by atoms with Gasteiger partial charge in [-0.2, -0.15) is 0 Å². The van der Waals surface area contributed by atoms with Crippen molar-refractivity contribution in [1.82, 2.24) is 10.2 Å². The number of carbonyl (C=O) groups is 1. The van der Waals surface area contributed by atoms with Gasteiger partial charge in [0.15, 0.2) is 0 Å². The van der Waals surface area contributed by atoms with Gasteiger partial charge in [0.05, 0.1) is 22.7 Å². The summed E-state index contributed by atoms with van der Waals surface area (Å²) in [6.07, 6.45) is 1.17. The van der Waals surface area contributed by atoms with Gasteiger partial charge in [-0.05, 0) is 38.5 Å². The summed E-state index contributed by atoms with van der Waals surface area (Å²) in [5.74, 6) is 0.435. The summed E-state index contributed by atoms with van der Waals surface area (Å²) in [4.78, 5) is 25.7. The number of morpholine rings is 1. The number of nitro benzene ring substituents is 1. The molecule has 8 nitrogen and oxygen atoms in total. The third kappa shape index (κ3) is 6.01. The fraction of sp³-hybridized carbons (Fsp3) is 0.409. The van der Waals surface area contributed by atoms with Gasteiger partial charge in [0.25, 0.3) is 11.6 Å². The van der Waals surface area contributed by atoms with Crippen LogP contribution in [0, 0.1) is 10.1 Å². The minimum atomic E-state index is -0.524. The minimum Gasteiger partial charge on any atom is -0.457 e. The van der Waals surface area contributed by atoms with E-state index in [-0.39, 0.29) is 29.2 Å². The van der Waals surface area contributed by atoms with Crippen LogP contribution in [0.15, 0.2) is 48.5 Å². The number of nitro groups is 1. The lowest BCUT2D eigenvalue weighted by molar-refractivity contribution is -0.384. The molecule has 2 aromatic rings. The molecule has 3 rings (SSSR count). The van der Waals surface area contributed by atoms with Crippen molar-refractivity contribution in [2.75, 3.05) is 26.2 Å². The topological polar surface area (TPSA) is 93.9 Å². The predicted molar refractivity (Wildman–Crippen MR) is 113 cm³/mol. The molecule has 2 unspecified atom stereocenters. The molecule has 0 aromatic heterocycles. The molecule has 1 amide bonds. The van der Waals surface area contributed by atoms with Crippen LogP contribution in [-0.4, -0.2) is 54.1 Å². The summed E-state index contributed by atoms with van der Waals surface area (Å²) in [7, 11) is 0. The molecule has 1 heterocycles. The van der Waals surface area contributed by atoms with Gasteiger partial charge >= 0.3 is 0 Å². The Morgan fingerprint density at radius 1 is 1.20 bits per heavy atom. The van der Waals surface area contributed by atoms with Crippen LogP contribution in [0.25, 0.3) is 0 Å². The van der Waals surface area contributed by atoms with E-state index in [4.69, 9.17) is 9.47 Å². The minimum absolute atomic E-state index is 0.140. The highest BCUT2D eigenvalue weighted by molar-refractivity contribution is 5.97. The molecule has 8 heteroatoms. The maximum absolute atomic E-state index is 12.7. The van der Waals surface area contributed by atoms with Gasteiger partial charge in [-0.3, -0.25) is 19.8 Å². The number of benzene rings is 2. The molecule has 0 saturated carbocycles. The van der Waals surface area contributed by atoms with Gasteiger partial charge in [-0.25, -0.2) is 0 Å². The highest BCUT2D eigenvalue weighted by Crippen LogP contribution is 2.28. The van der Waals surface area contributed by atoms with Crippen molar-refractivity contribution in [3.8, 4) is 11.5 Å². The Labute approximate surface area is 175 Å². The second-order valence-electron chi connectivity index (χ2n) is 7.48. The number of amides is 1. The van der Waals surface area contributed by atoms with Crippen molar-refractivity contribution in [2.45, 2.75) is 32.5 Å². The molecule has 1 N–H and O–H groups in total. The lowest BCUT2D eigenvalue weighted by atomic mass is 10.1. The van der Waals surface area contributed by atoms with Crippen LogP contribution < -0.4 is 10.1 Å². The molecule has 1 aliphatic rings. The van der Waals surface area contributed by atoms with Crippen LogP contribution >= 0.6 is 0 Å². The number of hydrogen-bond donors (Lipinski definition) is 1. The molecule has 0 aliphatic carbocycles. The molecule has 2 aromatic carbocycles. The third-order valence-corrected chi connectivity index (χ3v) is 4.82. The second-order valence-corrected chi connectivity index (χ2v) is 7.48. The first-order chi connectivity index (χ1) is 14.4. The molecule has 2 atom stereocenters. The Balaban J connectivity index is 1.61. The summed E-state index contributed by atoms with van der Waals surface area (Å²) in [5.41, 5.74) is -0.0153. The molecular formula is C22H27N3O5. The molecule has 30 heavy (non-hydrogen) atoms. The number of carbonyl (C=O) groups excluding carboxylic acids is 1. The fourth-order valence-corrected chi connectivity index (χ4v) is 3.58. The SMILES string of the molecule is CC1CN(CCCNC(=O)c2cc([N+](=O)[O-])ccc2Oc2ccccc2)CC(C)O1. The van der Waals surface area contributed by atoms with E-state index in [0.717, 1.165) is 26.1 Å². The third-order valence-electron chi connectivity index (χ3n) is 4.82. The van der Waals surface area contributed by atoms with E-state index in [1.54, 1.807) is 12.1 Å². The average Bonchev–Trinajstić information content (AvgIpc) is 2.71. The number of nitrogens with one attached hydrogen (secondary N) is 1. The summed E-state index contributed by atoms with van der Waals surface area (Å²) in [5, 5.41) is 14.0. The van der Waals surface area contributed by atoms with Crippen molar-refractivity contribution in [1.29, 1.82) is 0 Å². The van der Waals surface area contributed by atoms with Crippen molar-refractivity contribution in [3.05, 3.63) is 64.2 Å². The normalized spacial score (nSPS) is 19.3. The Hall–Kier alpha value is -2.97. The maximum Gasteiger partial charge on any atom is 0.270 e. The van der Waals surface area contributed by atoms with Gasteiger partial charge in [-0.1, -0.05) is 18.2 Å². The van der Waals surface area contributed by atoms with Crippen LogP contribution in [-0.2, 0) is 4.74 Å². The van der Waals surface area contributed by atoms with Crippen LogP contribution in [0.5, 0.6) is 11.5 Å². The van der Waals surface area contributed by atoms with Gasteiger partial charge in [-0.15, -0.1) is 0 Å². The number of non-ortho nitro benzene ring substituents is 1. The lowest BCUT2D eigenvalue weighted by Crippen LogP contribution is -2.46. The average molecular weight is 413 g/mol. The second kappa shape index (κ2) is 10.2. The van der Waals surface area contributed by atoms with E-state index in [2.05, 4.69) is 24.1 Å². The fourth-order valence-electron chi connectivity index (χ4n) is 3.58. The first kappa shape index (κ1) is 21.7. The maximum atomic E-state index is 12.7. The highest BCUT2D eigenvalue weighted by atomic mass is 16.6. The van der Waals surface area contributed by atoms with Gasteiger partial charge in [0.2, 0.25) is 0 Å². The standard InChI is InChI=1S/C22H27N3O5/c1-16-14-24(15-17(2)29-16)12-6-11-23-22(26)20-13-18(25(27)28)9-10-21(20)30-19-7-4-3-5-8-19/h3-5,7-10,13,16-17H,6,11-12,14-15H2,1-2H3,(H,23,26). The predicted octanol–water partition coefficient (Wildman–Crippen LogP) is 3.62. The quantitative estimate of drug-likeness (QED) is 0.404. The Morgan fingerprint density at radius 2 is 1.90 bits per heavy atom. The monoisotopic (exact) mass is 413 g/mol.